The minimum atomic E-state index is -0.746. The highest BCUT2D eigenvalue weighted by molar-refractivity contribution is 5.86. The van der Waals surface area contributed by atoms with Crippen LogP contribution < -0.4 is 16.8 Å². The summed E-state index contributed by atoms with van der Waals surface area (Å²) in [5, 5.41) is 2.91. The van der Waals surface area contributed by atoms with Crippen LogP contribution in [0.1, 0.15) is 50.2 Å². The van der Waals surface area contributed by atoms with Gasteiger partial charge in [0.15, 0.2) is 0 Å². The van der Waals surface area contributed by atoms with Crippen LogP contribution in [0.3, 0.4) is 0 Å². The van der Waals surface area contributed by atoms with E-state index in [-0.39, 0.29) is 5.91 Å². The molecule has 1 atom stereocenters. The molecule has 3 rings (SSSR count). The lowest BCUT2D eigenvalue weighted by Gasteiger charge is -2.33. The topological polar surface area (TPSA) is 81.1 Å². The van der Waals surface area contributed by atoms with E-state index in [4.69, 9.17) is 11.5 Å². The molecule has 0 aliphatic heterocycles. The van der Waals surface area contributed by atoms with Crippen molar-refractivity contribution in [2.24, 2.45) is 11.5 Å². The summed E-state index contributed by atoms with van der Waals surface area (Å²) in [6.07, 6.45) is 5.90. The van der Waals surface area contributed by atoms with Crippen LogP contribution in [0.4, 0.5) is 0 Å². The van der Waals surface area contributed by atoms with Crippen molar-refractivity contribution in [3.8, 4) is 11.1 Å². The number of hydrogen-bond donors (Lipinski definition) is 3. The molecule has 0 aromatic heterocycles. The van der Waals surface area contributed by atoms with Crippen LogP contribution in [0.2, 0.25) is 0 Å². The van der Waals surface area contributed by atoms with Crippen LogP contribution in [-0.4, -0.2) is 17.6 Å². The van der Waals surface area contributed by atoms with Gasteiger partial charge in [0.2, 0.25) is 5.91 Å². The second-order valence-electron chi connectivity index (χ2n) is 7.75. The van der Waals surface area contributed by atoms with Crippen molar-refractivity contribution in [3.63, 3.8) is 0 Å². The van der Waals surface area contributed by atoms with Gasteiger partial charge in [0.1, 0.15) is 0 Å². The molecule has 0 unspecified atom stereocenters. The van der Waals surface area contributed by atoms with Crippen LogP contribution in [-0.2, 0) is 17.6 Å². The van der Waals surface area contributed by atoms with Gasteiger partial charge in [-0.05, 0) is 41.5 Å². The third kappa shape index (κ3) is 4.96. The Hall–Kier alpha value is -2.17. The SMILES string of the molecule is CCc1ccc(-c2ccc(C[C@H](N)NC(=O)C3(N)CCCCC3)cc2)cc1. The highest BCUT2D eigenvalue weighted by Crippen LogP contribution is 2.26. The Morgan fingerprint density at radius 1 is 0.963 bits per heavy atom. The Kier molecular flexibility index (Phi) is 6.30. The Morgan fingerprint density at radius 2 is 1.48 bits per heavy atom. The zero-order valence-electron chi connectivity index (χ0n) is 16.2. The van der Waals surface area contributed by atoms with Crippen molar-refractivity contribution in [1.29, 1.82) is 0 Å². The molecular formula is C23H31N3O. The van der Waals surface area contributed by atoms with E-state index in [1.165, 1.54) is 16.7 Å². The quantitative estimate of drug-likeness (QED) is 0.685. The smallest absolute Gasteiger partial charge is 0.241 e. The van der Waals surface area contributed by atoms with Gasteiger partial charge < -0.3 is 16.8 Å². The van der Waals surface area contributed by atoms with Gasteiger partial charge in [0.05, 0.1) is 11.7 Å². The first-order valence-electron chi connectivity index (χ1n) is 10.0. The second-order valence-corrected chi connectivity index (χ2v) is 7.75. The van der Waals surface area contributed by atoms with E-state index in [1.54, 1.807) is 0 Å². The molecule has 2 aromatic carbocycles. The third-order valence-electron chi connectivity index (χ3n) is 5.62. The van der Waals surface area contributed by atoms with Crippen molar-refractivity contribution in [1.82, 2.24) is 5.32 Å². The van der Waals surface area contributed by atoms with Crippen LogP contribution >= 0.6 is 0 Å². The van der Waals surface area contributed by atoms with E-state index in [9.17, 15) is 4.79 Å². The van der Waals surface area contributed by atoms with Gasteiger partial charge in [-0.1, -0.05) is 74.7 Å². The molecule has 1 saturated carbocycles. The maximum atomic E-state index is 12.5. The first-order valence-corrected chi connectivity index (χ1v) is 10.0. The van der Waals surface area contributed by atoms with Gasteiger partial charge in [0.25, 0.3) is 0 Å². The molecule has 4 nitrogen and oxygen atoms in total. The maximum absolute atomic E-state index is 12.5. The number of amides is 1. The zero-order chi connectivity index (χ0) is 19.3. The number of nitrogens with one attached hydrogen (secondary N) is 1. The maximum Gasteiger partial charge on any atom is 0.241 e. The fourth-order valence-corrected chi connectivity index (χ4v) is 3.79. The zero-order valence-corrected chi connectivity index (χ0v) is 16.2. The lowest BCUT2D eigenvalue weighted by molar-refractivity contribution is -0.128. The molecular weight excluding hydrogens is 334 g/mol. The molecule has 1 amide bonds. The van der Waals surface area contributed by atoms with E-state index in [0.717, 1.165) is 44.1 Å². The van der Waals surface area contributed by atoms with E-state index in [2.05, 4.69) is 60.8 Å². The lowest BCUT2D eigenvalue weighted by atomic mass is 9.82. The summed E-state index contributed by atoms with van der Waals surface area (Å²) in [4.78, 5) is 12.5. The van der Waals surface area contributed by atoms with Crippen LogP contribution in [0, 0.1) is 0 Å². The van der Waals surface area contributed by atoms with Crippen molar-refractivity contribution in [2.75, 3.05) is 0 Å². The van der Waals surface area contributed by atoms with Gasteiger partial charge in [-0.25, -0.2) is 0 Å². The number of carbonyl (C=O) groups is 1. The molecule has 1 aliphatic carbocycles. The minimum Gasteiger partial charge on any atom is -0.339 e. The number of aryl methyl sites for hydroxylation is 1. The predicted octanol–water partition coefficient (Wildman–Crippen LogP) is 3.52. The van der Waals surface area contributed by atoms with E-state index >= 15 is 0 Å². The van der Waals surface area contributed by atoms with Gasteiger partial charge in [0, 0.05) is 6.42 Å². The van der Waals surface area contributed by atoms with Crippen molar-refractivity contribution < 1.29 is 4.79 Å². The molecule has 1 aliphatic rings. The van der Waals surface area contributed by atoms with Gasteiger partial charge in [-0.3, -0.25) is 4.79 Å². The second kappa shape index (κ2) is 8.68. The monoisotopic (exact) mass is 365 g/mol. The summed E-state index contributed by atoms with van der Waals surface area (Å²) in [7, 11) is 0. The summed E-state index contributed by atoms with van der Waals surface area (Å²) in [6, 6.07) is 17.0. The fraction of sp³-hybridized carbons (Fsp3) is 0.435. The van der Waals surface area contributed by atoms with Crippen LogP contribution in [0.5, 0.6) is 0 Å². The lowest BCUT2D eigenvalue weighted by Crippen LogP contribution is -2.59. The van der Waals surface area contributed by atoms with E-state index in [0.29, 0.717) is 6.42 Å². The van der Waals surface area contributed by atoms with E-state index in [1.807, 2.05) is 0 Å². The summed E-state index contributed by atoms with van der Waals surface area (Å²) in [5.74, 6) is -0.109. The molecule has 5 N–H and O–H groups in total. The largest absolute Gasteiger partial charge is 0.339 e. The van der Waals surface area contributed by atoms with Gasteiger partial charge >= 0.3 is 0 Å². The van der Waals surface area contributed by atoms with E-state index < -0.39 is 11.7 Å². The standard InChI is InChI=1S/C23H31N3O/c1-2-17-6-10-19(11-7-17)20-12-8-18(9-13-20)16-21(24)26-22(27)23(25)14-4-3-5-15-23/h6-13,21H,2-5,14-16,24-25H2,1H3,(H,26,27)/t21-/m1/s1. The van der Waals surface area contributed by atoms with Gasteiger partial charge in [-0.2, -0.15) is 0 Å². The number of carbonyl (C=O) groups excluding carboxylic acids is 1. The summed E-state index contributed by atoms with van der Waals surface area (Å²) >= 11 is 0. The molecule has 27 heavy (non-hydrogen) atoms. The number of rotatable bonds is 6. The number of hydrogen-bond acceptors (Lipinski definition) is 3. The molecule has 0 bridgehead atoms. The Bertz CT molecular complexity index is 746. The molecule has 0 heterocycles. The average molecular weight is 366 g/mol. The Morgan fingerprint density at radius 3 is 2.00 bits per heavy atom. The first kappa shape index (κ1) is 19.6. The number of benzene rings is 2. The van der Waals surface area contributed by atoms with Crippen LogP contribution in [0.25, 0.3) is 11.1 Å². The summed E-state index contributed by atoms with van der Waals surface area (Å²) < 4.78 is 0. The highest BCUT2D eigenvalue weighted by Gasteiger charge is 2.35. The normalized spacial score (nSPS) is 17.3. The summed E-state index contributed by atoms with van der Waals surface area (Å²) in [6.45, 7) is 2.16. The minimum absolute atomic E-state index is 0.109. The summed E-state index contributed by atoms with van der Waals surface area (Å²) in [5.41, 5.74) is 16.5. The fourth-order valence-electron chi connectivity index (χ4n) is 3.79. The van der Waals surface area contributed by atoms with Crippen molar-refractivity contribution >= 4 is 5.91 Å². The highest BCUT2D eigenvalue weighted by atomic mass is 16.2. The van der Waals surface area contributed by atoms with Gasteiger partial charge in [-0.15, -0.1) is 0 Å². The molecule has 4 heteroatoms. The predicted molar refractivity (Wildman–Crippen MR) is 111 cm³/mol. The van der Waals surface area contributed by atoms with Crippen LogP contribution in [0.15, 0.2) is 48.5 Å². The number of nitrogens with two attached hydrogens (primary N) is 2. The molecule has 0 radical (unpaired) electrons. The molecule has 1 fully saturated rings. The average Bonchev–Trinajstić information content (AvgIpc) is 2.69. The van der Waals surface area contributed by atoms with Crippen molar-refractivity contribution in [2.45, 2.75) is 63.6 Å². The molecule has 2 aromatic rings. The third-order valence-corrected chi connectivity index (χ3v) is 5.62. The molecule has 144 valence electrons. The molecule has 0 saturated heterocycles. The van der Waals surface area contributed by atoms with Crippen molar-refractivity contribution in [3.05, 3.63) is 59.7 Å². The first-order chi connectivity index (χ1) is 13.0. The Balaban J connectivity index is 1.57. The molecule has 0 spiro atoms. The Labute approximate surface area is 162 Å².